The molecule has 25 heavy (non-hydrogen) atoms. The van der Waals surface area contributed by atoms with Crippen LogP contribution in [0.15, 0.2) is 16.5 Å². The van der Waals surface area contributed by atoms with E-state index in [4.69, 9.17) is 9.15 Å². The molecular formula is C19H29N3O3. The van der Waals surface area contributed by atoms with Gasteiger partial charge in [-0.15, -0.1) is 0 Å². The molecule has 6 heteroatoms. The average molecular weight is 347 g/mol. The zero-order chi connectivity index (χ0) is 17.4. The van der Waals surface area contributed by atoms with Crippen molar-refractivity contribution in [3.05, 3.63) is 23.7 Å². The van der Waals surface area contributed by atoms with E-state index < -0.39 is 0 Å². The van der Waals surface area contributed by atoms with Crippen molar-refractivity contribution < 1.29 is 13.9 Å². The fraction of sp³-hybridized carbons (Fsp3) is 0.737. The summed E-state index contributed by atoms with van der Waals surface area (Å²) in [5.41, 5.74) is 0. The standard InChI is InChI=1S/C19H29N3O3/c1-13-6-7-18(25-13)16(12-24-2)20-19(23)22-10-14-9-21-8-4-3-5-17(21)15(14)11-22/h6-7,14-17H,3-5,8-12H2,1-2H3,(H,20,23)/t14-,15+,16-,17-/m0/s1. The molecular weight excluding hydrogens is 318 g/mol. The minimum absolute atomic E-state index is 0.00728. The highest BCUT2D eigenvalue weighted by molar-refractivity contribution is 5.75. The minimum Gasteiger partial charge on any atom is -0.464 e. The second kappa shape index (κ2) is 7.00. The number of hydrogen-bond acceptors (Lipinski definition) is 4. The Kier molecular flexibility index (Phi) is 4.73. The Balaban J connectivity index is 1.38. The lowest BCUT2D eigenvalue weighted by atomic mass is 9.90. The van der Waals surface area contributed by atoms with Crippen LogP contribution in [0.5, 0.6) is 0 Å². The van der Waals surface area contributed by atoms with Crippen LogP contribution >= 0.6 is 0 Å². The van der Waals surface area contributed by atoms with Crippen LogP contribution in [-0.4, -0.2) is 61.8 Å². The number of likely N-dealkylation sites (tertiary alicyclic amines) is 1. The van der Waals surface area contributed by atoms with Gasteiger partial charge in [-0.1, -0.05) is 6.42 Å². The third kappa shape index (κ3) is 3.29. The molecule has 3 aliphatic rings. The van der Waals surface area contributed by atoms with Crippen molar-refractivity contribution >= 4 is 6.03 Å². The van der Waals surface area contributed by atoms with E-state index in [0.717, 1.165) is 31.2 Å². The van der Waals surface area contributed by atoms with Gasteiger partial charge in [0.25, 0.3) is 0 Å². The first kappa shape index (κ1) is 16.9. The summed E-state index contributed by atoms with van der Waals surface area (Å²) in [6, 6.07) is 4.30. The Morgan fingerprint density at radius 3 is 3.00 bits per heavy atom. The Labute approximate surface area is 149 Å². The lowest BCUT2D eigenvalue weighted by Gasteiger charge is -2.33. The third-order valence-electron chi connectivity index (χ3n) is 6.14. The fourth-order valence-electron chi connectivity index (χ4n) is 4.96. The van der Waals surface area contributed by atoms with Crippen LogP contribution in [0.25, 0.3) is 0 Å². The monoisotopic (exact) mass is 347 g/mol. The summed E-state index contributed by atoms with van der Waals surface area (Å²) in [5.74, 6) is 2.89. The Morgan fingerprint density at radius 2 is 2.24 bits per heavy atom. The van der Waals surface area contributed by atoms with Crippen molar-refractivity contribution in [2.45, 2.75) is 38.3 Å². The van der Waals surface area contributed by atoms with E-state index in [2.05, 4.69) is 10.2 Å². The maximum atomic E-state index is 12.8. The first-order chi connectivity index (χ1) is 12.2. The van der Waals surface area contributed by atoms with Gasteiger partial charge >= 0.3 is 6.03 Å². The van der Waals surface area contributed by atoms with Crippen molar-refractivity contribution in [3.8, 4) is 0 Å². The summed E-state index contributed by atoms with van der Waals surface area (Å²) in [5, 5.41) is 3.11. The number of rotatable bonds is 4. The molecule has 4 atom stereocenters. The van der Waals surface area contributed by atoms with Gasteiger partial charge in [-0.05, 0) is 50.3 Å². The van der Waals surface area contributed by atoms with Crippen LogP contribution in [0.4, 0.5) is 4.79 Å². The van der Waals surface area contributed by atoms with Gasteiger partial charge in [-0.3, -0.25) is 4.90 Å². The molecule has 0 aliphatic carbocycles. The highest BCUT2D eigenvalue weighted by Gasteiger charge is 2.48. The zero-order valence-corrected chi connectivity index (χ0v) is 15.2. The van der Waals surface area contributed by atoms with Gasteiger partial charge in [0.2, 0.25) is 0 Å². The Bertz CT molecular complexity index is 617. The Morgan fingerprint density at radius 1 is 1.36 bits per heavy atom. The number of methoxy groups -OCH3 is 1. The molecule has 1 aromatic rings. The molecule has 3 saturated heterocycles. The average Bonchev–Trinajstić information content (AvgIpc) is 3.28. The number of piperidine rings is 1. The molecule has 6 nitrogen and oxygen atoms in total. The van der Waals surface area contributed by atoms with E-state index in [0.29, 0.717) is 24.5 Å². The molecule has 3 fully saturated rings. The van der Waals surface area contributed by atoms with Crippen molar-refractivity contribution in [2.75, 3.05) is 39.9 Å². The zero-order valence-electron chi connectivity index (χ0n) is 15.2. The van der Waals surface area contributed by atoms with Gasteiger partial charge in [0, 0.05) is 32.8 Å². The van der Waals surface area contributed by atoms with Crippen molar-refractivity contribution in [2.24, 2.45) is 11.8 Å². The maximum Gasteiger partial charge on any atom is 0.318 e. The van der Waals surface area contributed by atoms with Gasteiger partial charge in [0.05, 0.1) is 6.61 Å². The number of amides is 2. The molecule has 1 aromatic heterocycles. The van der Waals surface area contributed by atoms with Crippen molar-refractivity contribution in [1.82, 2.24) is 15.1 Å². The minimum atomic E-state index is -0.238. The smallest absolute Gasteiger partial charge is 0.318 e. The molecule has 0 bridgehead atoms. The molecule has 3 aliphatic heterocycles. The van der Waals surface area contributed by atoms with Crippen molar-refractivity contribution in [3.63, 3.8) is 0 Å². The second-order valence-corrected chi connectivity index (χ2v) is 7.79. The van der Waals surface area contributed by atoms with Crippen LogP contribution in [0, 0.1) is 18.8 Å². The summed E-state index contributed by atoms with van der Waals surface area (Å²) in [7, 11) is 1.65. The number of nitrogens with zero attached hydrogens (tertiary/aromatic N) is 2. The van der Waals surface area contributed by atoms with Gasteiger partial charge in [-0.25, -0.2) is 4.79 Å². The van der Waals surface area contributed by atoms with Crippen LogP contribution in [0.1, 0.15) is 36.8 Å². The van der Waals surface area contributed by atoms with E-state index in [-0.39, 0.29) is 12.1 Å². The van der Waals surface area contributed by atoms with Crippen LogP contribution in [0.2, 0.25) is 0 Å². The summed E-state index contributed by atoms with van der Waals surface area (Å²) >= 11 is 0. The van der Waals surface area contributed by atoms with Crippen LogP contribution in [-0.2, 0) is 4.74 Å². The summed E-state index contributed by atoms with van der Waals surface area (Å²) in [4.78, 5) is 17.5. The summed E-state index contributed by atoms with van der Waals surface area (Å²) in [6.45, 7) is 6.49. The predicted octanol–water partition coefficient (Wildman–Crippen LogP) is 2.40. The topological polar surface area (TPSA) is 58.0 Å². The number of carbonyl (C=O) groups excluding carboxylic acids is 1. The summed E-state index contributed by atoms with van der Waals surface area (Å²) < 4.78 is 11.0. The van der Waals surface area contributed by atoms with E-state index in [1.165, 1.54) is 25.8 Å². The van der Waals surface area contributed by atoms with Gasteiger partial charge in [0.1, 0.15) is 17.6 Å². The second-order valence-electron chi connectivity index (χ2n) is 7.79. The maximum absolute atomic E-state index is 12.8. The third-order valence-corrected chi connectivity index (χ3v) is 6.14. The molecule has 0 aromatic carbocycles. The number of ether oxygens (including phenoxy) is 1. The number of carbonyl (C=O) groups is 1. The molecule has 138 valence electrons. The number of hydrogen-bond donors (Lipinski definition) is 1. The lowest BCUT2D eigenvalue weighted by molar-refractivity contribution is 0.139. The molecule has 0 unspecified atom stereocenters. The molecule has 4 rings (SSSR count). The lowest BCUT2D eigenvalue weighted by Crippen LogP contribution is -2.45. The normalized spacial score (nSPS) is 30.2. The highest BCUT2D eigenvalue weighted by atomic mass is 16.5. The largest absolute Gasteiger partial charge is 0.464 e. The fourth-order valence-corrected chi connectivity index (χ4v) is 4.96. The highest BCUT2D eigenvalue weighted by Crippen LogP contribution is 2.40. The van der Waals surface area contributed by atoms with E-state index in [1.54, 1.807) is 7.11 Å². The molecule has 1 N–H and O–H groups in total. The number of furan rings is 1. The number of urea groups is 1. The van der Waals surface area contributed by atoms with Crippen molar-refractivity contribution in [1.29, 1.82) is 0 Å². The van der Waals surface area contributed by atoms with Crippen LogP contribution in [0.3, 0.4) is 0 Å². The van der Waals surface area contributed by atoms with E-state index >= 15 is 0 Å². The number of fused-ring (bicyclic) bond motifs is 3. The summed E-state index contributed by atoms with van der Waals surface area (Å²) in [6.07, 6.45) is 3.97. The first-order valence-corrected chi connectivity index (χ1v) is 9.50. The Hall–Kier alpha value is -1.53. The quantitative estimate of drug-likeness (QED) is 0.909. The SMILES string of the molecule is COC[C@H](NC(=O)N1C[C@@H]2CN3CCCC[C@H]3[C@@H]2C1)c1ccc(C)o1. The van der Waals surface area contributed by atoms with E-state index in [9.17, 15) is 4.79 Å². The number of nitrogens with one attached hydrogen (secondary N) is 1. The van der Waals surface area contributed by atoms with Gasteiger partial charge in [-0.2, -0.15) is 0 Å². The molecule has 0 spiro atoms. The number of aryl methyl sites for hydroxylation is 1. The van der Waals surface area contributed by atoms with E-state index in [1.807, 2.05) is 24.0 Å². The van der Waals surface area contributed by atoms with Gasteiger partial charge < -0.3 is 19.4 Å². The molecule has 2 amide bonds. The van der Waals surface area contributed by atoms with Gasteiger partial charge in [0.15, 0.2) is 0 Å². The first-order valence-electron chi connectivity index (χ1n) is 9.50. The predicted molar refractivity (Wildman–Crippen MR) is 94.4 cm³/mol. The molecule has 4 heterocycles. The van der Waals surface area contributed by atoms with Crippen LogP contribution < -0.4 is 5.32 Å². The molecule has 0 radical (unpaired) electrons. The molecule has 0 saturated carbocycles.